The molecule has 1 amide bonds. The van der Waals surface area contributed by atoms with Crippen LogP contribution >= 0.6 is 0 Å². The molecule has 1 aromatic carbocycles. The number of rotatable bonds is 7. The number of ether oxygens (including phenoxy) is 1. The molecule has 5 nitrogen and oxygen atoms in total. The van der Waals surface area contributed by atoms with Crippen molar-refractivity contribution in [3.05, 3.63) is 35.9 Å². The Morgan fingerprint density at radius 1 is 1.25 bits per heavy atom. The van der Waals surface area contributed by atoms with Crippen LogP contribution in [0.4, 0.5) is 4.79 Å². The normalized spacial score (nSPS) is 14.3. The van der Waals surface area contributed by atoms with Crippen LogP contribution in [0.5, 0.6) is 0 Å². The van der Waals surface area contributed by atoms with Crippen molar-refractivity contribution in [1.29, 1.82) is 0 Å². The first-order valence-corrected chi connectivity index (χ1v) is 8.53. The van der Waals surface area contributed by atoms with Gasteiger partial charge in [0.05, 0.1) is 19.3 Å². The minimum atomic E-state index is -0.823. The molecule has 3 N–H and O–H groups in total. The molecule has 0 saturated heterocycles. The number of nitrogens with two attached hydrogens (primary N) is 1. The maximum Gasteiger partial charge on any atom is 0.410 e. The summed E-state index contributed by atoms with van der Waals surface area (Å²) in [5.74, 6) is 0.265. The fraction of sp³-hybridized carbons (Fsp3) is 0.632. The first-order valence-electron chi connectivity index (χ1n) is 8.53. The molecule has 0 aliphatic heterocycles. The maximum absolute atomic E-state index is 12.4. The molecule has 0 aromatic heterocycles. The van der Waals surface area contributed by atoms with Crippen LogP contribution < -0.4 is 5.73 Å². The summed E-state index contributed by atoms with van der Waals surface area (Å²) in [4.78, 5) is 13.9. The number of β-amino-alcohol motifs (C(OH)–C–C–N with tert-alkyl or cyclic N) is 1. The van der Waals surface area contributed by atoms with Crippen molar-refractivity contribution >= 4 is 6.09 Å². The number of amides is 1. The Hall–Kier alpha value is -1.59. The SMILES string of the molecule is CC(C)COC(=O)N(CC(O)C(N)Cc1ccccc1)C(C)(C)C. The van der Waals surface area contributed by atoms with Gasteiger partial charge in [-0.2, -0.15) is 0 Å². The lowest BCUT2D eigenvalue weighted by Gasteiger charge is -2.37. The zero-order valence-corrected chi connectivity index (χ0v) is 15.5. The molecular formula is C19H32N2O3. The molecular weight excluding hydrogens is 304 g/mol. The quantitative estimate of drug-likeness (QED) is 0.803. The number of hydrogen-bond acceptors (Lipinski definition) is 4. The van der Waals surface area contributed by atoms with Crippen molar-refractivity contribution in [3.8, 4) is 0 Å². The zero-order chi connectivity index (χ0) is 18.3. The number of nitrogens with zero attached hydrogens (tertiary/aromatic N) is 1. The zero-order valence-electron chi connectivity index (χ0n) is 15.5. The molecule has 1 aromatic rings. The van der Waals surface area contributed by atoms with Crippen LogP contribution in [0.2, 0.25) is 0 Å². The Kier molecular flexibility index (Phi) is 7.70. The summed E-state index contributed by atoms with van der Waals surface area (Å²) < 4.78 is 5.33. The van der Waals surface area contributed by atoms with Crippen molar-refractivity contribution < 1.29 is 14.6 Å². The number of benzene rings is 1. The molecule has 24 heavy (non-hydrogen) atoms. The fourth-order valence-corrected chi connectivity index (χ4v) is 2.28. The monoisotopic (exact) mass is 336 g/mol. The van der Waals surface area contributed by atoms with Gasteiger partial charge in [-0.3, -0.25) is 0 Å². The number of carbonyl (C=O) groups excluding carboxylic acids is 1. The van der Waals surface area contributed by atoms with Gasteiger partial charge in [-0.25, -0.2) is 4.79 Å². The molecule has 0 radical (unpaired) electrons. The minimum absolute atomic E-state index is 0.147. The molecule has 136 valence electrons. The molecule has 5 heteroatoms. The van der Waals surface area contributed by atoms with E-state index >= 15 is 0 Å². The highest BCUT2D eigenvalue weighted by molar-refractivity contribution is 5.68. The largest absolute Gasteiger partial charge is 0.449 e. The van der Waals surface area contributed by atoms with Gasteiger partial charge in [-0.1, -0.05) is 44.2 Å². The number of hydrogen-bond donors (Lipinski definition) is 2. The standard InChI is InChI=1S/C19H32N2O3/c1-14(2)13-24-18(23)21(19(3,4)5)12-17(22)16(20)11-15-9-7-6-8-10-15/h6-10,14,16-17,22H,11-13,20H2,1-5H3. The number of carbonyl (C=O) groups is 1. The average Bonchev–Trinajstić information content (AvgIpc) is 2.49. The summed E-state index contributed by atoms with van der Waals surface area (Å²) in [6.07, 6.45) is -0.681. The average molecular weight is 336 g/mol. The van der Waals surface area contributed by atoms with Crippen LogP contribution in [0, 0.1) is 5.92 Å². The van der Waals surface area contributed by atoms with Crippen molar-refractivity contribution in [1.82, 2.24) is 4.90 Å². The third-order valence-electron chi connectivity index (χ3n) is 3.75. The minimum Gasteiger partial charge on any atom is -0.449 e. The van der Waals surface area contributed by atoms with Crippen LogP contribution in [0.25, 0.3) is 0 Å². The second-order valence-corrected chi connectivity index (χ2v) is 7.67. The second kappa shape index (κ2) is 9.04. The lowest BCUT2D eigenvalue weighted by atomic mass is 10.00. The summed E-state index contributed by atoms with van der Waals surface area (Å²) in [6, 6.07) is 9.33. The van der Waals surface area contributed by atoms with Crippen molar-refractivity contribution in [2.45, 2.75) is 58.7 Å². The Morgan fingerprint density at radius 2 is 1.83 bits per heavy atom. The molecule has 0 spiro atoms. The van der Waals surface area contributed by atoms with Gasteiger partial charge in [0.15, 0.2) is 0 Å². The summed E-state index contributed by atoms with van der Waals surface area (Å²) >= 11 is 0. The van der Waals surface area contributed by atoms with Gasteiger partial charge in [0, 0.05) is 11.6 Å². The van der Waals surface area contributed by atoms with Crippen molar-refractivity contribution in [2.75, 3.05) is 13.2 Å². The molecule has 0 aliphatic carbocycles. The number of aliphatic hydroxyl groups excluding tert-OH is 1. The summed E-state index contributed by atoms with van der Waals surface area (Å²) in [5.41, 5.74) is 6.74. The van der Waals surface area contributed by atoms with E-state index < -0.39 is 23.8 Å². The van der Waals surface area contributed by atoms with E-state index in [1.54, 1.807) is 4.90 Å². The van der Waals surface area contributed by atoms with E-state index in [1.165, 1.54) is 0 Å². The Bertz CT molecular complexity index is 497. The second-order valence-electron chi connectivity index (χ2n) is 7.67. The third-order valence-corrected chi connectivity index (χ3v) is 3.75. The molecule has 0 aliphatic rings. The van der Waals surface area contributed by atoms with Crippen LogP contribution in [0.3, 0.4) is 0 Å². The highest BCUT2D eigenvalue weighted by Crippen LogP contribution is 2.17. The molecule has 0 fully saturated rings. The molecule has 0 heterocycles. The maximum atomic E-state index is 12.4. The van der Waals surface area contributed by atoms with Gasteiger partial charge in [0.2, 0.25) is 0 Å². The lowest BCUT2D eigenvalue weighted by molar-refractivity contribution is 0.0257. The highest BCUT2D eigenvalue weighted by Gasteiger charge is 2.31. The molecule has 1 rings (SSSR count). The topological polar surface area (TPSA) is 75.8 Å². The fourth-order valence-electron chi connectivity index (χ4n) is 2.28. The van der Waals surface area contributed by atoms with Gasteiger partial charge in [-0.05, 0) is 38.7 Å². The van der Waals surface area contributed by atoms with E-state index in [0.29, 0.717) is 13.0 Å². The van der Waals surface area contributed by atoms with Crippen LogP contribution in [0.1, 0.15) is 40.2 Å². The van der Waals surface area contributed by atoms with Crippen molar-refractivity contribution in [3.63, 3.8) is 0 Å². The lowest BCUT2D eigenvalue weighted by Crippen LogP contribution is -2.53. The Labute approximate surface area is 145 Å². The summed E-state index contributed by atoms with van der Waals surface area (Å²) in [7, 11) is 0. The third kappa shape index (κ3) is 6.89. The summed E-state index contributed by atoms with van der Waals surface area (Å²) in [6.45, 7) is 10.2. The van der Waals surface area contributed by atoms with Crippen molar-refractivity contribution in [2.24, 2.45) is 11.7 Å². The first kappa shape index (κ1) is 20.5. The van der Waals surface area contributed by atoms with Gasteiger partial charge in [0.25, 0.3) is 0 Å². The van der Waals surface area contributed by atoms with Gasteiger partial charge >= 0.3 is 6.09 Å². The number of aliphatic hydroxyl groups is 1. The molecule has 0 bridgehead atoms. The Balaban J connectivity index is 2.69. The van der Waals surface area contributed by atoms with E-state index in [-0.39, 0.29) is 12.5 Å². The van der Waals surface area contributed by atoms with Gasteiger partial charge in [0.1, 0.15) is 0 Å². The van der Waals surface area contributed by atoms with E-state index in [9.17, 15) is 9.90 Å². The van der Waals surface area contributed by atoms with Gasteiger partial charge in [-0.15, -0.1) is 0 Å². The van der Waals surface area contributed by atoms with E-state index in [4.69, 9.17) is 10.5 Å². The van der Waals surface area contributed by atoms with Crippen LogP contribution in [-0.4, -0.2) is 46.9 Å². The highest BCUT2D eigenvalue weighted by atomic mass is 16.6. The predicted octanol–water partition coefficient (Wildman–Crippen LogP) is 2.81. The van der Waals surface area contributed by atoms with E-state index in [1.807, 2.05) is 65.0 Å². The van der Waals surface area contributed by atoms with Crippen LogP contribution in [0.15, 0.2) is 30.3 Å². The van der Waals surface area contributed by atoms with E-state index in [0.717, 1.165) is 5.56 Å². The Morgan fingerprint density at radius 3 is 2.33 bits per heavy atom. The smallest absolute Gasteiger partial charge is 0.410 e. The van der Waals surface area contributed by atoms with Gasteiger partial charge < -0.3 is 20.5 Å². The van der Waals surface area contributed by atoms with E-state index in [2.05, 4.69) is 0 Å². The summed E-state index contributed by atoms with van der Waals surface area (Å²) in [5, 5.41) is 10.5. The first-order chi connectivity index (χ1) is 11.1. The molecule has 2 unspecified atom stereocenters. The molecule has 0 saturated carbocycles. The molecule has 2 atom stereocenters. The van der Waals surface area contributed by atoms with Crippen LogP contribution in [-0.2, 0) is 11.2 Å². The predicted molar refractivity (Wildman–Crippen MR) is 96.8 cm³/mol.